The number of carbonyl (C=O) groups excluding carboxylic acids is 1. The summed E-state index contributed by atoms with van der Waals surface area (Å²) in [6, 6.07) is 17.3. The SMILES string of the molecule is Cc1ccc(-c2nnc(SCC(=O)Nc3ccc(F)c(F)c3F)nc2-c2ccc(C)cc2)cc1. The van der Waals surface area contributed by atoms with Gasteiger partial charge in [0.1, 0.15) is 11.4 Å². The highest BCUT2D eigenvalue weighted by atomic mass is 32.2. The number of benzene rings is 3. The third-order valence-corrected chi connectivity index (χ3v) is 5.80. The van der Waals surface area contributed by atoms with Crippen molar-refractivity contribution in [3.63, 3.8) is 0 Å². The quantitative estimate of drug-likeness (QED) is 0.272. The van der Waals surface area contributed by atoms with E-state index in [4.69, 9.17) is 0 Å². The number of rotatable bonds is 6. The zero-order chi connectivity index (χ0) is 24.2. The molecule has 0 saturated carbocycles. The van der Waals surface area contributed by atoms with Crippen LogP contribution in [0.5, 0.6) is 0 Å². The number of carbonyl (C=O) groups is 1. The lowest BCUT2D eigenvalue weighted by molar-refractivity contribution is -0.113. The molecule has 34 heavy (non-hydrogen) atoms. The predicted molar refractivity (Wildman–Crippen MR) is 126 cm³/mol. The highest BCUT2D eigenvalue weighted by molar-refractivity contribution is 7.99. The molecule has 0 aliphatic heterocycles. The maximum Gasteiger partial charge on any atom is 0.234 e. The third-order valence-electron chi connectivity index (χ3n) is 4.96. The number of nitrogens with zero attached hydrogens (tertiary/aromatic N) is 3. The van der Waals surface area contributed by atoms with E-state index in [0.29, 0.717) is 11.4 Å². The fraction of sp³-hybridized carbons (Fsp3) is 0.120. The molecule has 0 atom stereocenters. The van der Waals surface area contributed by atoms with E-state index < -0.39 is 29.0 Å². The highest BCUT2D eigenvalue weighted by Crippen LogP contribution is 2.30. The number of nitrogens with one attached hydrogen (secondary N) is 1. The Hall–Kier alpha value is -3.72. The van der Waals surface area contributed by atoms with Crippen LogP contribution in [0.15, 0.2) is 65.8 Å². The van der Waals surface area contributed by atoms with Gasteiger partial charge in [-0.1, -0.05) is 71.4 Å². The van der Waals surface area contributed by atoms with E-state index in [2.05, 4.69) is 20.5 Å². The molecule has 9 heteroatoms. The van der Waals surface area contributed by atoms with Crippen LogP contribution in [0.25, 0.3) is 22.5 Å². The molecule has 4 rings (SSSR count). The van der Waals surface area contributed by atoms with Crippen LogP contribution >= 0.6 is 11.8 Å². The first-order valence-corrected chi connectivity index (χ1v) is 11.3. The second-order valence-corrected chi connectivity index (χ2v) is 8.53. The first-order chi connectivity index (χ1) is 16.3. The van der Waals surface area contributed by atoms with Gasteiger partial charge >= 0.3 is 0 Å². The van der Waals surface area contributed by atoms with Gasteiger partial charge in [-0.2, -0.15) is 0 Å². The van der Waals surface area contributed by atoms with E-state index in [-0.39, 0.29) is 10.9 Å². The maximum absolute atomic E-state index is 13.8. The monoisotopic (exact) mass is 480 g/mol. The van der Waals surface area contributed by atoms with Crippen LogP contribution in [0.1, 0.15) is 11.1 Å². The van der Waals surface area contributed by atoms with Gasteiger partial charge in [-0.15, -0.1) is 10.2 Å². The third kappa shape index (κ3) is 5.26. The van der Waals surface area contributed by atoms with Crippen molar-refractivity contribution in [2.45, 2.75) is 19.0 Å². The number of halogens is 3. The Morgan fingerprint density at radius 2 is 1.38 bits per heavy atom. The minimum Gasteiger partial charge on any atom is -0.323 e. The second-order valence-electron chi connectivity index (χ2n) is 7.58. The number of hydrogen-bond donors (Lipinski definition) is 1. The Labute approximate surface area is 198 Å². The molecule has 1 amide bonds. The zero-order valence-electron chi connectivity index (χ0n) is 18.3. The van der Waals surface area contributed by atoms with E-state index in [1.807, 2.05) is 62.4 Å². The smallest absolute Gasteiger partial charge is 0.234 e. The maximum atomic E-state index is 13.8. The predicted octanol–water partition coefficient (Wildman–Crippen LogP) is 5.97. The topological polar surface area (TPSA) is 67.8 Å². The highest BCUT2D eigenvalue weighted by Gasteiger charge is 2.17. The van der Waals surface area contributed by atoms with Gasteiger partial charge in [0.15, 0.2) is 17.5 Å². The lowest BCUT2D eigenvalue weighted by atomic mass is 10.0. The molecule has 0 bridgehead atoms. The van der Waals surface area contributed by atoms with Gasteiger partial charge in [0.25, 0.3) is 0 Å². The Morgan fingerprint density at radius 1 is 0.794 bits per heavy atom. The molecule has 1 aromatic heterocycles. The number of anilines is 1. The van der Waals surface area contributed by atoms with Crippen molar-refractivity contribution in [2.75, 3.05) is 11.1 Å². The van der Waals surface area contributed by atoms with Gasteiger partial charge in [0.2, 0.25) is 11.1 Å². The summed E-state index contributed by atoms with van der Waals surface area (Å²) in [7, 11) is 0. The Morgan fingerprint density at radius 3 is 2.00 bits per heavy atom. The number of aromatic nitrogens is 3. The summed E-state index contributed by atoms with van der Waals surface area (Å²) in [6.07, 6.45) is 0. The van der Waals surface area contributed by atoms with Gasteiger partial charge < -0.3 is 5.32 Å². The Balaban J connectivity index is 1.57. The molecule has 0 aliphatic carbocycles. The molecule has 0 unspecified atom stereocenters. The first kappa shape index (κ1) is 23.4. The first-order valence-electron chi connectivity index (χ1n) is 10.3. The lowest BCUT2D eigenvalue weighted by Gasteiger charge is -2.10. The minimum atomic E-state index is -1.65. The normalized spacial score (nSPS) is 10.9. The summed E-state index contributed by atoms with van der Waals surface area (Å²) >= 11 is 0.992. The molecule has 0 spiro atoms. The van der Waals surface area contributed by atoms with E-state index >= 15 is 0 Å². The second kappa shape index (κ2) is 10.0. The summed E-state index contributed by atoms with van der Waals surface area (Å²) in [5.74, 6) is -5.25. The molecule has 5 nitrogen and oxygen atoms in total. The van der Waals surface area contributed by atoms with Gasteiger partial charge in [-0.25, -0.2) is 18.2 Å². The van der Waals surface area contributed by atoms with E-state index in [9.17, 15) is 18.0 Å². The average molecular weight is 481 g/mol. The molecular weight excluding hydrogens is 461 g/mol. The van der Waals surface area contributed by atoms with Crippen LogP contribution in [0.4, 0.5) is 18.9 Å². The molecule has 4 aromatic rings. The molecule has 1 heterocycles. The van der Waals surface area contributed by atoms with Crippen molar-refractivity contribution in [3.8, 4) is 22.5 Å². The average Bonchev–Trinajstić information content (AvgIpc) is 2.84. The largest absolute Gasteiger partial charge is 0.323 e. The molecule has 172 valence electrons. The summed E-state index contributed by atoms with van der Waals surface area (Å²) in [5.41, 5.74) is 4.65. The Kier molecular flexibility index (Phi) is 6.93. The van der Waals surface area contributed by atoms with Gasteiger partial charge in [-0.05, 0) is 26.0 Å². The lowest BCUT2D eigenvalue weighted by Crippen LogP contribution is -2.16. The van der Waals surface area contributed by atoms with Crippen molar-refractivity contribution in [1.82, 2.24) is 15.2 Å². The van der Waals surface area contributed by atoms with Crippen molar-refractivity contribution in [1.29, 1.82) is 0 Å². The van der Waals surface area contributed by atoms with Crippen LogP contribution in [-0.2, 0) is 4.79 Å². The fourth-order valence-corrected chi connectivity index (χ4v) is 3.72. The van der Waals surface area contributed by atoms with Crippen LogP contribution in [-0.4, -0.2) is 26.8 Å². The van der Waals surface area contributed by atoms with Crippen molar-refractivity contribution >= 4 is 23.4 Å². The zero-order valence-corrected chi connectivity index (χ0v) is 19.1. The van der Waals surface area contributed by atoms with Gasteiger partial charge in [-0.3, -0.25) is 4.79 Å². The fourth-order valence-electron chi connectivity index (χ4n) is 3.13. The van der Waals surface area contributed by atoms with E-state index in [0.717, 1.165) is 46.1 Å². The molecule has 1 N–H and O–H groups in total. The number of thioether (sulfide) groups is 1. The van der Waals surface area contributed by atoms with E-state index in [1.165, 1.54) is 0 Å². The molecule has 0 fully saturated rings. The number of hydrogen-bond acceptors (Lipinski definition) is 5. The van der Waals surface area contributed by atoms with Crippen molar-refractivity contribution in [2.24, 2.45) is 0 Å². The van der Waals surface area contributed by atoms with Crippen LogP contribution in [0, 0.1) is 31.3 Å². The molecular formula is C25H19F3N4OS. The van der Waals surface area contributed by atoms with Crippen LogP contribution in [0.3, 0.4) is 0 Å². The standard InChI is InChI=1S/C25H19F3N4OS/c1-14-3-7-16(8-4-14)23-24(17-9-5-15(2)6-10-17)31-32-25(30-23)34-13-20(33)29-19-12-11-18(26)21(27)22(19)28/h3-12H,13H2,1-2H3,(H,29,33). The number of aryl methyl sites for hydroxylation is 2. The molecule has 0 saturated heterocycles. The number of amides is 1. The van der Waals surface area contributed by atoms with Crippen LogP contribution < -0.4 is 5.32 Å². The van der Waals surface area contributed by atoms with Gasteiger partial charge in [0.05, 0.1) is 11.4 Å². The molecule has 3 aromatic carbocycles. The summed E-state index contributed by atoms with van der Waals surface area (Å²) in [5, 5.41) is 11.0. The van der Waals surface area contributed by atoms with E-state index in [1.54, 1.807) is 0 Å². The van der Waals surface area contributed by atoms with Crippen LogP contribution in [0.2, 0.25) is 0 Å². The van der Waals surface area contributed by atoms with Crippen molar-refractivity contribution < 1.29 is 18.0 Å². The van der Waals surface area contributed by atoms with Gasteiger partial charge in [0, 0.05) is 11.1 Å². The minimum absolute atomic E-state index is 0.183. The van der Waals surface area contributed by atoms with Crippen molar-refractivity contribution in [3.05, 3.63) is 89.2 Å². The molecule has 0 aliphatic rings. The molecule has 0 radical (unpaired) electrons. The summed E-state index contributed by atoms with van der Waals surface area (Å²) in [4.78, 5) is 16.9. The summed E-state index contributed by atoms with van der Waals surface area (Å²) in [6.45, 7) is 3.98. The Bertz CT molecular complexity index is 1350. The summed E-state index contributed by atoms with van der Waals surface area (Å²) < 4.78 is 40.3.